The topological polar surface area (TPSA) is 78.4 Å². The van der Waals surface area contributed by atoms with Gasteiger partial charge in [0, 0.05) is 12.6 Å². The molecule has 0 spiro atoms. The van der Waals surface area contributed by atoms with Crippen molar-refractivity contribution in [2.24, 2.45) is 5.92 Å². The van der Waals surface area contributed by atoms with Crippen LogP contribution in [0.15, 0.2) is 0 Å². The molecule has 3 atom stereocenters. The molecule has 1 aliphatic rings. The van der Waals surface area contributed by atoms with Crippen LogP contribution in [0.5, 0.6) is 0 Å². The van der Waals surface area contributed by atoms with Crippen molar-refractivity contribution in [3.05, 3.63) is 0 Å². The van der Waals surface area contributed by atoms with Crippen molar-refractivity contribution < 1.29 is 14.7 Å². The van der Waals surface area contributed by atoms with Gasteiger partial charge >= 0.3 is 5.97 Å². The van der Waals surface area contributed by atoms with Crippen molar-refractivity contribution in [2.45, 2.75) is 51.6 Å². The molecule has 1 amide bonds. The summed E-state index contributed by atoms with van der Waals surface area (Å²) in [4.78, 5) is 22.5. The van der Waals surface area contributed by atoms with Crippen LogP contribution in [0.4, 0.5) is 0 Å². The first-order valence-electron chi connectivity index (χ1n) is 6.31. The Bertz CT molecular complexity index is 281. The number of rotatable bonds is 5. The van der Waals surface area contributed by atoms with Crippen molar-refractivity contribution in [1.29, 1.82) is 0 Å². The van der Waals surface area contributed by atoms with Crippen LogP contribution in [0.25, 0.3) is 0 Å². The fourth-order valence-corrected chi connectivity index (χ4v) is 2.32. The van der Waals surface area contributed by atoms with Crippen LogP contribution >= 0.6 is 0 Å². The Morgan fingerprint density at radius 3 is 2.71 bits per heavy atom. The van der Waals surface area contributed by atoms with E-state index in [1.54, 1.807) is 0 Å². The monoisotopic (exact) mass is 242 g/mol. The van der Waals surface area contributed by atoms with Crippen molar-refractivity contribution in [3.8, 4) is 0 Å². The molecule has 0 saturated heterocycles. The van der Waals surface area contributed by atoms with Crippen molar-refractivity contribution in [3.63, 3.8) is 0 Å². The summed E-state index contributed by atoms with van der Waals surface area (Å²) in [5, 5.41) is 14.9. The molecule has 5 heteroatoms. The Kier molecular flexibility index (Phi) is 5.41. The average Bonchev–Trinajstić information content (AvgIpc) is 2.29. The molecule has 1 fully saturated rings. The first-order valence-corrected chi connectivity index (χ1v) is 6.31. The number of carboxylic acids is 1. The highest BCUT2D eigenvalue weighted by atomic mass is 16.4. The zero-order chi connectivity index (χ0) is 12.8. The molecule has 98 valence electrons. The van der Waals surface area contributed by atoms with Crippen LogP contribution in [0.2, 0.25) is 0 Å². The van der Waals surface area contributed by atoms with Gasteiger partial charge in [-0.2, -0.15) is 0 Å². The Morgan fingerprint density at radius 1 is 1.41 bits per heavy atom. The van der Waals surface area contributed by atoms with Crippen molar-refractivity contribution in [1.82, 2.24) is 10.6 Å². The third kappa shape index (κ3) is 4.34. The van der Waals surface area contributed by atoms with Crippen molar-refractivity contribution in [2.75, 3.05) is 6.54 Å². The molecule has 0 heterocycles. The van der Waals surface area contributed by atoms with E-state index in [4.69, 9.17) is 5.11 Å². The van der Waals surface area contributed by atoms with Crippen LogP contribution in [0, 0.1) is 5.92 Å². The second-order valence-corrected chi connectivity index (χ2v) is 4.68. The van der Waals surface area contributed by atoms with Gasteiger partial charge in [0.1, 0.15) is 0 Å². The normalized spacial score (nSPS) is 26.2. The summed E-state index contributed by atoms with van der Waals surface area (Å²) in [6.45, 7) is 4.31. The van der Waals surface area contributed by atoms with E-state index in [0.717, 1.165) is 19.3 Å². The summed E-state index contributed by atoms with van der Waals surface area (Å²) in [6.07, 6.45) is 3.24. The standard InChI is InChI=1S/C12H22N2O3/c1-3-13-11(15)8(2)14-10-6-4-5-9(7-10)12(16)17/h8-10,14H,3-7H2,1-2H3,(H,13,15)(H,16,17). The Hall–Kier alpha value is -1.10. The quantitative estimate of drug-likeness (QED) is 0.664. The fourth-order valence-electron chi connectivity index (χ4n) is 2.32. The maximum absolute atomic E-state index is 11.5. The maximum Gasteiger partial charge on any atom is 0.306 e. The zero-order valence-electron chi connectivity index (χ0n) is 10.5. The van der Waals surface area contributed by atoms with Gasteiger partial charge in [0.05, 0.1) is 12.0 Å². The summed E-state index contributed by atoms with van der Waals surface area (Å²) < 4.78 is 0. The zero-order valence-corrected chi connectivity index (χ0v) is 10.5. The third-order valence-electron chi connectivity index (χ3n) is 3.25. The van der Waals surface area contributed by atoms with Crippen molar-refractivity contribution >= 4 is 11.9 Å². The summed E-state index contributed by atoms with van der Waals surface area (Å²) in [5.74, 6) is -1.00. The molecule has 3 unspecified atom stereocenters. The van der Waals surface area contributed by atoms with E-state index in [-0.39, 0.29) is 23.9 Å². The van der Waals surface area contributed by atoms with E-state index in [1.807, 2.05) is 13.8 Å². The number of carboxylic acid groups (broad SMARTS) is 1. The second-order valence-electron chi connectivity index (χ2n) is 4.68. The van der Waals surface area contributed by atoms with E-state index < -0.39 is 5.97 Å². The SMILES string of the molecule is CCNC(=O)C(C)NC1CCCC(C(=O)O)C1. The summed E-state index contributed by atoms with van der Waals surface area (Å²) >= 11 is 0. The predicted molar refractivity (Wildman–Crippen MR) is 64.7 cm³/mol. The largest absolute Gasteiger partial charge is 0.481 e. The molecule has 0 bridgehead atoms. The molecule has 17 heavy (non-hydrogen) atoms. The molecule has 3 N–H and O–H groups in total. The lowest BCUT2D eigenvalue weighted by atomic mass is 9.85. The lowest BCUT2D eigenvalue weighted by Gasteiger charge is -2.29. The molecule has 1 saturated carbocycles. The summed E-state index contributed by atoms with van der Waals surface area (Å²) in [6, 6.07) is -0.116. The Morgan fingerprint density at radius 2 is 2.12 bits per heavy atom. The predicted octanol–water partition coefficient (Wildman–Crippen LogP) is 0.744. The minimum absolute atomic E-state index is 0.0232. The first kappa shape index (κ1) is 14.0. The van der Waals surface area contributed by atoms with Gasteiger partial charge in [-0.05, 0) is 33.1 Å². The number of hydrogen-bond acceptors (Lipinski definition) is 3. The van der Waals surface area contributed by atoms with Crippen LogP contribution in [0.1, 0.15) is 39.5 Å². The first-order chi connectivity index (χ1) is 8.04. The minimum Gasteiger partial charge on any atom is -0.481 e. The Labute approximate surface area is 102 Å². The van der Waals surface area contributed by atoms with E-state index in [0.29, 0.717) is 13.0 Å². The van der Waals surface area contributed by atoms with E-state index in [1.165, 1.54) is 0 Å². The smallest absolute Gasteiger partial charge is 0.306 e. The van der Waals surface area contributed by atoms with Gasteiger partial charge < -0.3 is 15.7 Å². The molecular weight excluding hydrogens is 220 g/mol. The van der Waals surface area contributed by atoms with Gasteiger partial charge in [-0.25, -0.2) is 0 Å². The molecule has 0 aromatic rings. The molecular formula is C12H22N2O3. The highest BCUT2D eigenvalue weighted by Crippen LogP contribution is 2.24. The van der Waals surface area contributed by atoms with E-state index in [9.17, 15) is 9.59 Å². The van der Waals surface area contributed by atoms with Crippen LogP contribution in [-0.2, 0) is 9.59 Å². The maximum atomic E-state index is 11.5. The van der Waals surface area contributed by atoms with Gasteiger partial charge in [-0.1, -0.05) is 6.42 Å². The molecule has 0 aliphatic heterocycles. The van der Waals surface area contributed by atoms with Gasteiger partial charge in [-0.3, -0.25) is 9.59 Å². The van der Waals surface area contributed by atoms with Gasteiger partial charge in [-0.15, -0.1) is 0 Å². The summed E-state index contributed by atoms with van der Waals surface area (Å²) in [7, 11) is 0. The fraction of sp³-hybridized carbons (Fsp3) is 0.833. The van der Waals surface area contributed by atoms with Gasteiger partial charge in [0.25, 0.3) is 0 Å². The number of carbonyl (C=O) groups excluding carboxylic acids is 1. The third-order valence-corrected chi connectivity index (χ3v) is 3.25. The van der Waals surface area contributed by atoms with Crippen LogP contribution in [-0.4, -0.2) is 35.6 Å². The van der Waals surface area contributed by atoms with Gasteiger partial charge in [0.15, 0.2) is 0 Å². The van der Waals surface area contributed by atoms with E-state index >= 15 is 0 Å². The Balaban J connectivity index is 2.40. The number of carbonyl (C=O) groups is 2. The number of nitrogens with one attached hydrogen (secondary N) is 2. The highest BCUT2D eigenvalue weighted by Gasteiger charge is 2.28. The molecule has 1 rings (SSSR count). The lowest BCUT2D eigenvalue weighted by molar-refractivity contribution is -0.143. The van der Waals surface area contributed by atoms with Gasteiger partial charge in [0.2, 0.25) is 5.91 Å². The molecule has 0 aromatic carbocycles. The average molecular weight is 242 g/mol. The molecule has 5 nitrogen and oxygen atoms in total. The second kappa shape index (κ2) is 6.59. The van der Waals surface area contributed by atoms with Crippen LogP contribution < -0.4 is 10.6 Å². The lowest BCUT2D eigenvalue weighted by Crippen LogP contribution is -2.48. The van der Waals surface area contributed by atoms with E-state index in [2.05, 4.69) is 10.6 Å². The number of hydrogen-bond donors (Lipinski definition) is 3. The number of aliphatic carboxylic acids is 1. The summed E-state index contributed by atoms with van der Waals surface area (Å²) in [5.41, 5.74) is 0. The molecule has 0 radical (unpaired) electrons. The number of amides is 1. The molecule has 0 aromatic heterocycles. The molecule has 1 aliphatic carbocycles. The minimum atomic E-state index is -0.720. The highest BCUT2D eigenvalue weighted by molar-refractivity contribution is 5.81. The van der Waals surface area contributed by atoms with Crippen LogP contribution in [0.3, 0.4) is 0 Å². The number of likely N-dealkylation sites (N-methyl/N-ethyl adjacent to an activating group) is 1.